The van der Waals surface area contributed by atoms with Crippen molar-refractivity contribution >= 4 is 29.2 Å². The normalized spacial score (nSPS) is 15.5. The molecule has 0 spiro atoms. The van der Waals surface area contributed by atoms with Crippen molar-refractivity contribution in [3.8, 4) is 0 Å². The molecular formula is C22H30N8O. The number of aliphatic imine (C=N–C) groups is 2. The van der Waals surface area contributed by atoms with E-state index in [2.05, 4.69) is 32.1 Å². The van der Waals surface area contributed by atoms with Gasteiger partial charge < -0.3 is 27.4 Å². The quantitative estimate of drug-likeness (QED) is 0.422. The van der Waals surface area contributed by atoms with Crippen molar-refractivity contribution in [2.75, 3.05) is 38.5 Å². The van der Waals surface area contributed by atoms with Gasteiger partial charge >= 0.3 is 0 Å². The molecule has 0 aliphatic carbocycles. The predicted octanol–water partition coefficient (Wildman–Crippen LogP) is 1.21. The lowest BCUT2D eigenvalue weighted by atomic mass is 10.1. The molecule has 3 rings (SSSR count). The maximum atomic E-state index is 12.7. The minimum Gasteiger partial charge on any atom is -0.370 e. The first kappa shape index (κ1) is 22.3. The van der Waals surface area contributed by atoms with Gasteiger partial charge in [0.25, 0.3) is 5.91 Å². The lowest BCUT2D eigenvalue weighted by Gasteiger charge is -2.32. The number of nitrogens with one attached hydrogen (secondary N) is 1. The van der Waals surface area contributed by atoms with E-state index < -0.39 is 0 Å². The van der Waals surface area contributed by atoms with Gasteiger partial charge in [-0.25, -0.2) is 4.99 Å². The Hall–Kier alpha value is -3.43. The first-order valence-electron chi connectivity index (χ1n) is 10.2. The van der Waals surface area contributed by atoms with Gasteiger partial charge in [0.05, 0.1) is 5.69 Å². The standard InChI is InChI=1S/C22H30N8O/c1-15-3-8-18(13-19(15)27-22(25)28-21(23)24)26-20(31)17-6-4-16(5-7-17)14-30-11-9-29(2)10-12-30/h3-8,13H,9-12,14H2,1-2H3,(H,26,31)(H6,23,24,25,27,28). The zero-order valence-electron chi connectivity index (χ0n) is 18.0. The largest absolute Gasteiger partial charge is 0.370 e. The molecule has 2 aromatic rings. The SMILES string of the molecule is Cc1ccc(NC(=O)c2ccc(CN3CCN(C)CC3)cc2)cc1N=C(N)N=C(N)N. The number of amides is 1. The van der Waals surface area contributed by atoms with Crippen LogP contribution in [0.15, 0.2) is 52.4 Å². The molecule has 9 heteroatoms. The minimum atomic E-state index is -0.192. The van der Waals surface area contributed by atoms with E-state index in [1.165, 1.54) is 5.56 Å². The number of hydrogen-bond acceptors (Lipinski definition) is 4. The van der Waals surface area contributed by atoms with Gasteiger partial charge in [-0.15, -0.1) is 0 Å². The number of carbonyl (C=O) groups excluding carboxylic acids is 1. The predicted molar refractivity (Wildman–Crippen MR) is 125 cm³/mol. The highest BCUT2D eigenvalue weighted by Gasteiger charge is 2.14. The van der Waals surface area contributed by atoms with Crippen LogP contribution in [0, 0.1) is 6.92 Å². The summed E-state index contributed by atoms with van der Waals surface area (Å²) in [6.07, 6.45) is 0. The zero-order chi connectivity index (χ0) is 22.4. The Bertz CT molecular complexity index is 972. The molecule has 1 fully saturated rings. The second-order valence-corrected chi connectivity index (χ2v) is 7.74. The molecule has 9 nitrogen and oxygen atoms in total. The van der Waals surface area contributed by atoms with Crippen molar-refractivity contribution < 1.29 is 4.79 Å². The summed E-state index contributed by atoms with van der Waals surface area (Å²) in [7, 11) is 2.15. The van der Waals surface area contributed by atoms with E-state index in [1.807, 2.05) is 43.3 Å². The number of piperazine rings is 1. The van der Waals surface area contributed by atoms with E-state index in [4.69, 9.17) is 17.2 Å². The molecule has 0 aromatic heterocycles. The van der Waals surface area contributed by atoms with Gasteiger partial charge in [-0.1, -0.05) is 18.2 Å². The molecule has 1 aliphatic heterocycles. The summed E-state index contributed by atoms with van der Waals surface area (Å²) in [5.41, 5.74) is 20.2. The van der Waals surface area contributed by atoms with E-state index in [1.54, 1.807) is 6.07 Å². The molecule has 2 aromatic carbocycles. The van der Waals surface area contributed by atoms with Crippen molar-refractivity contribution in [3.63, 3.8) is 0 Å². The summed E-state index contributed by atoms with van der Waals surface area (Å²) >= 11 is 0. The molecule has 0 radical (unpaired) electrons. The molecule has 1 amide bonds. The zero-order valence-corrected chi connectivity index (χ0v) is 18.0. The van der Waals surface area contributed by atoms with Gasteiger partial charge in [-0.3, -0.25) is 9.69 Å². The van der Waals surface area contributed by atoms with Gasteiger partial charge in [-0.2, -0.15) is 4.99 Å². The number of guanidine groups is 2. The monoisotopic (exact) mass is 422 g/mol. The van der Waals surface area contributed by atoms with Crippen molar-refractivity contribution in [2.45, 2.75) is 13.5 Å². The first-order valence-corrected chi connectivity index (χ1v) is 10.2. The van der Waals surface area contributed by atoms with Gasteiger partial charge in [0.1, 0.15) is 0 Å². The molecule has 0 atom stereocenters. The number of likely N-dealkylation sites (N-methyl/N-ethyl adjacent to an activating group) is 1. The van der Waals surface area contributed by atoms with Gasteiger partial charge in [0.15, 0.2) is 5.96 Å². The van der Waals surface area contributed by atoms with Crippen molar-refractivity contribution in [1.29, 1.82) is 0 Å². The van der Waals surface area contributed by atoms with Crippen LogP contribution in [0.2, 0.25) is 0 Å². The van der Waals surface area contributed by atoms with Crippen molar-refractivity contribution in [2.24, 2.45) is 27.2 Å². The summed E-state index contributed by atoms with van der Waals surface area (Å²) in [5.74, 6) is -0.413. The highest BCUT2D eigenvalue weighted by molar-refractivity contribution is 6.04. The second-order valence-electron chi connectivity index (χ2n) is 7.74. The fourth-order valence-corrected chi connectivity index (χ4v) is 3.32. The molecule has 1 saturated heterocycles. The molecule has 7 N–H and O–H groups in total. The number of aryl methyl sites for hydroxylation is 1. The topological polar surface area (TPSA) is 138 Å². The Kier molecular flexibility index (Phi) is 7.22. The van der Waals surface area contributed by atoms with Crippen molar-refractivity contribution in [1.82, 2.24) is 9.80 Å². The van der Waals surface area contributed by atoms with Gasteiger partial charge in [0, 0.05) is 44.0 Å². The highest BCUT2D eigenvalue weighted by Crippen LogP contribution is 2.24. The van der Waals surface area contributed by atoms with Crippen LogP contribution in [0.1, 0.15) is 21.5 Å². The van der Waals surface area contributed by atoms with E-state index >= 15 is 0 Å². The maximum Gasteiger partial charge on any atom is 0.255 e. The summed E-state index contributed by atoms with van der Waals surface area (Å²) in [4.78, 5) is 25.3. The summed E-state index contributed by atoms with van der Waals surface area (Å²) in [6, 6.07) is 13.1. The number of nitrogens with two attached hydrogens (primary N) is 3. The average molecular weight is 423 g/mol. The van der Waals surface area contributed by atoms with E-state index in [0.29, 0.717) is 16.9 Å². The van der Waals surface area contributed by atoms with E-state index in [9.17, 15) is 4.79 Å². The van der Waals surface area contributed by atoms with Crippen molar-refractivity contribution in [3.05, 3.63) is 59.2 Å². The number of hydrogen-bond donors (Lipinski definition) is 4. The maximum absolute atomic E-state index is 12.7. The van der Waals surface area contributed by atoms with Crippen LogP contribution in [-0.4, -0.2) is 60.9 Å². The fraction of sp³-hybridized carbons (Fsp3) is 0.318. The lowest BCUT2D eigenvalue weighted by molar-refractivity contribution is 0.102. The number of nitrogens with zero attached hydrogens (tertiary/aromatic N) is 4. The van der Waals surface area contributed by atoms with E-state index in [-0.39, 0.29) is 17.8 Å². The van der Waals surface area contributed by atoms with Crippen LogP contribution in [-0.2, 0) is 6.54 Å². The Balaban J connectivity index is 1.64. The van der Waals surface area contributed by atoms with Crippen LogP contribution < -0.4 is 22.5 Å². The Labute approximate surface area is 182 Å². The molecule has 0 saturated carbocycles. The molecular weight excluding hydrogens is 392 g/mol. The highest BCUT2D eigenvalue weighted by atomic mass is 16.1. The minimum absolute atomic E-state index is 0.0532. The molecule has 164 valence electrons. The molecule has 1 heterocycles. The van der Waals surface area contributed by atoms with Crippen LogP contribution in [0.5, 0.6) is 0 Å². The van der Waals surface area contributed by atoms with Crippen LogP contribution in [0.4, 0.5) is 11.4 Å². The van der Waals surface area contributed by atoms with E-state index in [0.717, 1.165) is 38.3 Å². The molecule has 0 unspecified atom stereocenters. The number of carbonyl (C=O) groups is 1. The third kappa shape index (κ3) is 6.53. The van der Waals surface area contributed by atoms with Crippen LogP contribution in [0.25, 0.3) is 0 Å². The number of anilines is 1. The molecule has 1 aliphatic rings. The van der Waals surface area contributed by atoms with Gasteiger partial charge in [0.2, 0.25) is 5.96 Å². The Morgan fingerprint density at radius 3 is 2.35 bits per heavy atom. The van der Waals surface area contributed by atoms with Crippen LogP contribution >= 0.6 is 0 Å². The summed E-state index contributed by atoms with van der Waals surface area (Å²) < 4.78 is 0. The summed E-state index contributed by atoms with van der Waals surface area (Å²) in [5, 5.41) is 2.90. The molecule has 0 bridgehead atoms. The second kappa shape index (κ2) is 10.1. The average Bonchev–Trinajstić information content (AvgIpc) is 2.72. The number of rotatable bonds is 5. The fourth-order valence-electron chi connectivity index (χ4n) is 3.32. The number of benzene rings is 2. The molecule has 31 heavy (non-hydrogen) atoms. The van der Waals surface area contributed by atoms with Crippen LogP contribution in [0.3, 0.4) is 0 Å². The Morgan fingerprint density at radius 2 is 1.71 bits per heavy atom. The lowest BCUT2D eigenvalue weighted by Crippen LogP contribution is -2.43. The smallest absolute Gasteiger partial charge is 0.255 e. The summed E-state index contributed by atoms with van der Waals surface area (Å²) in [6.45, 7) is 7.06. The first-order chi connectivity index (χ1) is 14.8. The Morgan fingerprint density at radius 1 is 1.03 bits per heavy atom. The van der Waals surface area contributed by atoms with Gasteiger partial charge in [-0.05, 0) is 49.4 Å². The third-order valence-corrected chi connectivity index (χ3v) is 5.16. The third-order valence-electron chi connectivity index (χ3n) is 5.16.